The Kier molecular flexibility index (Phi) is 4.28. The van der Waals surface area contributed by atoms with Gasteiger partial charge >= 0.3 is 0 Å². The quantitative estimate of drug-likeness (QED) is 0.802. The molecule has 1 unspecified atom stereocenters. The normalized spacial score (nSPS) is 19.2. The summed E-state index contributed by atoms with van der Waals surface area (Å²) in [6.45, 7) is 5.53. The van der Waals surface area contributed by atoms with E-state index in [4.69, 9.17) is 5.73 Å². The third-order valence-electron chi connectivity index (χ3n) is 3.26. The van der Waals surface area contributed by atoms with E-state index in [1.165, 1.54) is 0 Å². The number of aryl methyl sites for hydroxylation is 1. The van der Waals surface area contributed by atoms with Crippen LogP contribution >= 0.6 is 0 Å². The molecule has 1 fully saturated rings. The average Bonchev–Trinajstić information content (AvgIpc) is 2.60. The molecule has 0 bridgehead atoms. The van der Waals surface area contributed by atoms with Crippen LogP contribution in [-0.4, -0.2) is 42.0 Å². The van der Waals surface area contributed by atoms with Gasteiger partial charge in [0, 0.05) is 31.5 Å². The van der Waals surface area contributed by atoms with Gasteiger partial charge in [0.2, 0.25) is 5.91 Å². The van der Waals surface area contributed by atoms with E-state index >= 15 is 0 Å². The van der Waals surface area contributed by atoms with E-state index in [-0.39, 0.29) is 11.9 Å². The van der Waals surface area contributed by atoms with Crippen molar-refractivity contribution in [3.63, 3.8) is 0 Å². The summed E-state index contributed by atoms with van der Waals surface area (Å²) in [7, 11) is 0. The van der Waals surface area contributed by atoms with Gasteiger partial charge in [-0.2, -0.15) is 0 Å². The lowest BCUT2D eigenvalue weighted by molar-refractivity contribution is -0.123. The molecular formula is C13H20N4O. The van der Waals surface area contributed by atoms with Gasteiger partial charge in [-0.25, -0.2) is 0 Å². The Labute approximate surface area is 107 Å². The van der Waals surface area contributed by atoms with Gasteiger partial charge in [-0.3, -0.25) is 14.7 Å². The molecule has 0 aromatic carbocycles. The first-order chi connectivity index (χ1) is 8.68. The number of aromatic nitrogens is 1. The van der Waals surface area contributed by atoms with Crippen molar-refractivity contribution >= 4 is 5.91 Å². The highest BCUT2D eigenvalue weighted by molar-refractivity contribution is 5.81. The fourth-order valence-electron chi connectivity index (χ4n) is 2.32. The van der Waals surface area contributed by atoms with Gasteiger partial charge in [0.15, 0.2) is 0 Å². The first kappa shape index (κ1) is 13.0. The number of pyridine rings is 1. The Morgan fingerprint density at radius 2 is 2.28 bits per heavy atom. The number of nitrogens with zero attached hydrogens (tertiary/aromatic N) is 2. The largest absolute Gasteiger partial charge is 0.368 e. The lowest BCUT2D eigenvalue weighted by Crippen LogP contribution is -2.39. The highest BCUT2D eigenvalue weighted by Gasteiger charge is 2.26. The molecule has 1 atom stereocenters. The predicted octanol–water partition coefficient (Wildman–Crippen LogP) is 0.212. The summed E-state index contributed by atoms with van der Waals surface area (Å²) in [5.41, 5.74) is 7.39. The van der Waals surface area contributed by atoms with Crippen LogP contribution in [0.2, 0.25) is 0 Å². The van der Waals surface area contributed by atoms with Crippen molar-refractivity contribution in [1.82, 2.24) is 15.2 Å². The minimum Gasteiger partial charge on any atom is -0.368 e. The number of primary amides is 1. The van der Waals surface area contributed by atoms with Crippen LogP contribution in [0.5, 0.6) is 0 Å². The number of hydrogen-bond acceptors (Lipinski definition) is 4. The third-order valence-corrected chi connectivity index (χ3v) is 3.26. The molecule has 0 saturated carbocycles. The van der Waals surface area contributed by atoms with Crippen LogP contribution in [0.1, 0.15) is 23.7 Å². The van der Waals surface area contributed by atoms with Crippen LogP contribution in [-0.2, 0) is 4.79 Å². The Morgan fingerprint density at radius 1 is 1.44 bits per heavy atom. The minimum absolute atomic E-state index is 0.303. The van der Waals surface area contributed by atoms with Crippen LogP contribution in [0.25, 0.3) is 0 Å². The Balaban J connectivity index is 2.21. The zero-order chi connectivity index (χ0) is 13.0. The standard InChI is InChI=1S/C13H20N4O/c1-10-3-4-11(9-16-10)12(13(14)18)17-7-2-5-15-6-8-17/h3-4,9,12,15H,2,5-8H2,1H3,(H2,14,18). The van der Waals surface area contributed by atoms with E-state index in [9.17, 15) is 4.79 Å². The van der Waals surface area contributed by atoms with Crippen molar-refractivity contribution in [2.75, 3.05) is 26.2 Å². The van der Waals surface area contributed by atoms with Gasteiger partial charge in [0.1, 0.15) is 6.04 Å². The van der Waals surface area contributed by atoms with Crippen molar-refractivity contribution in [2.45, 2.75) is 19.4 Å². The second-order valence-electron chi connectivity index (χ2n) is 4.68. The minimum atomic E-state index is -0.363. The van der Waals surface area contributed by atoms with Gasteiger partial charge in [-0.05, 0) is 31.5 Å². The van der Waals surface area contributed by atoms with Crippen LogP contribution < -0.4 is 11.1 Å². The molecule has 0 spiro atoms. The Hall–Kier alpha value is -1.46. The predicted molar refractivity (Wildman–Crippen MR) is 70.0 cm³/mol. The summed E-state index contributed by atoms with van der Waals surface area (Å²) in [5, 5.41) is 3.32. The van der Waals surface area contributed by atoms with Crippen LogP contribution in [0.4, 0.5) is 0 Å². The maximum atomic E-state index is 11.7. The molecule has 1 aromatic heterocycles. The molecular weight excluding hydrogens is 228 g/mol. The van der Waals surface area contributed by atoms with Crippen molar-refractivity contribution < 1.29 is 4.79 Å². The van der Waals surface area contributed by atoms with Gasteiger partial charge in [0.05, 0.1) is 0 Å². The van der Waals surface area contributed by atoms with E-state index in [2.05, 4.69) is 15.2 Å². The van der Waals surface area contributed by atoms with Crippen LogP contribution in [0, 0.1) is 6.92 Å². The number of amides is 1. The van der Waals surface area contributed by atoms with Crippen LogP contribution in [0.15, 0.2) is 18.3 Å². The van der Waals surface area contributed by atoms with E-state index in [0.717, 1.165) is 43.9 Å². The first-order valence-corrected chi connectivity index (χ1v) is 6.35. The van der Waals surface area contributed by atoms with Crippen LogP contribution in [0.3, 0.4) is 0 Å². The summed E-state index contributed by atoms with van der Waals surface area (Å²) < 4.78 is 0. The second kappa shape index (κ2) is 5.93. The maximum absolute atomic E-state index is 11.7. The number of hydrogen-bond donors (Lipinski definition) is 2. The number of carbonyl (C=O) groups is 1. The highest BCUT2D eigenvalue weighted by Crippen LogP contribution is 2.20. The molecule has 0 radical (unpaired) electrons. The number of carbonyl (C=O) groups excluding carboxylic acids is 1. The summed E-state index contributed by atoms with van der Waals surface area (Å²) in [6, 6.07) is 3.50. The first-order valence-electron chi connectivity index (χ1n) is 6.35. The fraction of sp³-hybridized carbons (Fsp3) is 0.538. The molecule has 2 rings (SSSR count). The van der Waals surface area contributed by atoms with E-state index < -0.39 is 0 Å². The number of nitrogens with one attached hydrogen (secondary N) is 1. The molecule has 0 aliphatic carbocycles. The molecule has 3 N–H and O–H groups in total. The van der Waals surface area contributed by atoms with E-state index in [1.54, 1.807) is 6.20 Å². The summed E-state index contributed by atoms with van der Waals surface area (Å²) in [5.74, 6) is -0.303. The van der Waals surface area contributed by atoms with Gasteiger partial charge in [-0.1, -0.05) is 6.07 Å². The molecule has 1 aliphatic heterocycles. The lowest BCUT2D eigenvalue weighted by atomic mass is 10.1. The van der Waals surface area contributed by atoms with Crippen molar-refractivity contribution in [1.29, 1.82) is 0 Å². The third kappa shape index (κ3) is 3.05. The summed E-state index contributed by atoms with van der Waals surface area (Å²) >= 11 is 0. The number of nitrogens with two attached hydrogens (primary N) is 1. The summed E-state index contributed by atoms with van der Waals surface area (Å²) in [4.78, 5) is 18.1. The average molecular weight is 248 g/mol. The molecule has 98 valence electrons. The molecule has 1 aromatic rings. The highest BCUT2D eigenvalue weighted by atomic mass is 16.1. The molecule has 5 nitrogen and oxygen atoms in total. The molecule has 5 heteroatoms. The Bertz CT molecular complexity index is 396. The second-order valence-corrected chi connectivity index (χ2v) is 4.68. The van der Waals surface area contributed by atoms with Gasteiger partial charge < -0.3 is 11.1 Å². The molecule has 18 heavy (non-hydrogen) atoms. The van der Waals surface area contributed by atoms with E-state index in [0.29, 0.717) is 0 Å². The maximum Gasteiger partial charge on any atom is 0.239 e. The molecule has 1 saturated heterocycles. The van der Waals surface area contributed by atoms with Crippen molar-refractivity contribution in [3.05, 3.63) is 29.6 Å². The number of rotatable bonds is 3. The van der Waals surface area contributed by atoms with Gasteiger partial charge in [-0.15, -0.1) is 0 Å². The SMILES string of the molecule is Cc1ccc(C(C(N)=O)N2CCCNCC2)cn1. The summed E-state index contributed by atoms with van der Waals surface area (Å²) in [6.07, 6.45) is 2.78. The molecule has 2 heterocycles. The van der Waals surface area contributed by atoms with Crippen molar-refractivity contribution in [3.8, 4) is 0 Å². The fourth-order valence-corrected chi connectivity index (χ4v) is 2.32. The lowest BCUT2D eigenvalue weighted by Gasteiger charge is -2.28. The van der Waals surface area contributed by atoms with E-state index in [1.807, 2.05) is 19.1 Å². The smallest absolute Gasteiger partial charge is 0.239 e. The Morgan fingerprint density at radius 3 is 2.94 bits per heavy atom. The zero-order valence-electron chi connectivity index (χ0n) is 10.7. The molecule has 1 aliphatic rings. The van der Waals surface area contributed by atoms with Crippen molar-refractivity contribution in [2.24, 2.45) is 5.73 Å². The van der Waals surface area contributed by atoms with Gasteiger partial charge in [0.25, 0.3) is 0 Å². The monoisotopic (exact) mass is 248 g/mol. The zero-order valence-corrected chi connectivity index (χ0v) is 10.7. The molecule has 1 amide bonds. The topological polar surface area (TPSA) is 71.2 Å².